The minimum atomic E-state index is -3.80. The Labute approximate surface area is 387 Å². The molecule has 2 aromatic rings. The molecule has 0 saturated heterocycles. The van der Waals surface area contributed by atoms with E-state index in [0.717, 1.165) is 53.1 Å². The number of esters is 5. The molecule has 0 aliphatic carbocycles. The lowest BCUT2D eigenvalue weighted by atomic mass is 9.69. The number of carbonyl (C=O) groups excluding carboxylic acids is 7. The van der Waals surface area contributed by atoms with Crippen molar-refractivity contribution >= 4 is 62.9 Å². The first-order chi connectivity index (χ1) is 30.9. The molecule has 2 N–H and O–H groups in total. The van der Waals surface area contributed by atoms with Gasteiger partial charge in [-0.05, 0) is 67.1 Å². The van der Waals surface area contributed by atoms with E-state index in [1.807, 2.05) is 45.0 Å². The van der Waals surface area contributed by atoms with Gasteiger partial charge in [-0.2, -0.15) is 0 Å². The second-order valence-corrected chi connectivity index (χ2v) is 18.9. The Balaban J connectivity index is 1.87. The van der Waals surface area contributed by atoms with E-state index in [0.29, 0.717) is 29.7 Å². The van der Waals surface area contributed by atoms with Gasteiger partial charge in [0.1, 0.15) is 6.61 Å². The second-order valence-electron chi connectivity index (χ2n) is 17.0. The van der Waals surface area contributed by atoms with Crippen molar-refractivity contribution in [1.29, 1.82) is 0 Å². The van der Waals surface area contributed by atoms with Gasteiger partial charge in [-0.25, -0.2) is 8.42 Å². The first-order valence-corrected chi connectivity index (χ1v) is 23.8. The van der Waals surface area contributed by atoms with Crippen molar-refractivity contribution in [3.8, 4) is 0 Å². The molecule has 19 heteroatoms. The molecule has 0 radical (unpaired) electrons. The zero-order valence-corrected chi connectivity index (χ0v) is 40.6. The summed E-state index contributed by atoms with van der Waals surface area (Å²) in [4.78, 5) is 90.7. The van der Waals surface area contributed by atoms with Gasteiger partial charge in [-0.15, -0.1) is 0 Å². The lowest BCUT2D eigenvalue weighted by molar-refractivity contribution is -0.203. The highest BCUT2D eigenvalue weighted by Gasteiger charge is 2.49. The summed E-state index contributed by atoms with van der Waals surface area (Å²) in [6.07, 6.45) is -4.32. The number of ether oxygens (including phenoxy) is 5. The summed E-state index contributed by atoms with van der Waals surface area (Å²) in [6, 6.07) is 12.2. The predicted octanol–water partition coefficient (Wildman–Crippen LogP) is 4.87. The van der Waals surface area contributed by atoms with E-state index in [4.69, 9.17) is 23.7 Å². The molecular formula is C47H67N3O15S. The van der Waals surface area contributed by atoms with E-state index in [1.165, 1.54) is 11.8 Å². The number of carbonyl (C=O) groups is 7. The van der Waals surface area contributed by atoms with Crippen molar-refractivity contribution in [3.05, 3.63) is 53.6 Å². The first-order valence-electron chi connectivity index (χ1n) is 22.1. The van der Waals surface area contributed by atoms with Gasteiger partial charge < -0.3 is 43.9 Å². The SMILES string of the molecule is CCCC[C@]1(CC)CS(=O)(=O)c2ccc(N(C)C)cc2[C@@H](c2cccc(NC(=O)CCCCN(C[C@H](OC(C)=O)[C@@H](OC(C)=O)[C@H](OC(C)=O)[C@@H](COC(C)=O)OC(C)=O)C(C)=O)c2)[C@H]1O. The Hall–Kier alpha value is -5.56. The summed E-state index contributed by atoms with van der Waals surface area (Å²) in [5.41, 5.74) is 1.41. The molecule has 0 aromatic heterocycles. The summed E-state index contributed by atoms with van der Waals surface area (Å²) in [5, 5.41) is 15.3. The van der Waals surface area contributed by atoms with Crippen LogP contribution in [0.5, 0.6) is 0 Å². The maximum absolute atomic E-state index is 14.1. The second kappa shape index (κ2) is 24.8. The molecule has 0 saturated carbocycles. The lowest BCUT2D eigenvalue weighted by Gasteiger charge is -2.39. The summed E-state index contributed by atoms with van der Waals surface area (Å²) in [7, 11) is -0.0937. The third kappa shape index (κ3) is 15.5. The van der Waals surface area contributed by atoms with Crippen LogP contribution in [-0.4, -0.2) is 130 Å². The minimum Gasteiger partial charge on any atom is -0.462 e. The van der Waals surface area contributed by atoms with Crippen LogP contribution >= 0.6 is 0 Å². The molecule has 0 bridgehead atoms. The number of aliphatic hydroxyl groups excluding tert-OH is 1. The largest absolute Gasteiger partial charge is 0.462 e. The maximum Gasteiger partial charge on any atom is 0.303 e. The Morgan fingerprint density at radius 3 is 1.94 bits per heavy atom. The van der Waals surface area contributed by atoms with Crippen LogP contribution in [0.4, 0.5) is 11.4 Å². The normalized spacial score (nSPS) is 19.3. The van der Waals surface area contributed by atoms with E-state index in [1.54, 1.807) is 30.3 Å². The summed E-state index contributed by atoms with van der Waals surface area (Å²) < 4.78 is 55.0. The molecule has 3 rings (SSSR count). The van der Waals surface area contributed by atoms with Gasteiger partial charge in [-0.1, -0.05) is 38.8 Å². The quantitative estimate of drug-likeness (QED) is 0.0859. The van der Waals surface area contributed by atoms with Crippen molar-refractivity contribution in [2.24, 2.45) is 5.41 Å². The zero-order valence-electron chi connectivity index (χ0n) is 39.7. The van der Waals surface area contributed by atoms with E-state index >= 15 is 0 Å². The number of amides is 2. The van der Waals surface area contributed by atoms with Crippen LogP contribution in [0.2, 0.25) is 0 Å². The van der Waals surface area contributed by atoms with Crippen molar-refractivity contribution in [2.45, 2.75) is 142 Å². The van der Waals surface area contributed by atoms with Gasteiger partial charge in [0, 0.05) is 91.3 Å². The van der Waals surface area contributed by atoms with Gasteiger partial charge in [0.05, 0.1) is 23.3 Å². The Morgan fingerprint density at radius 1 is 0.788 bits per heavy atom. The van der Waals surface area contributed by atoms with E-state index < -0.39 is 101 Å². The fourth-order valence-electron chi connectivity index (χ4n) is 8.34. The Bertz CT molecular complexity index is 2160. The van der Waals surface area contributed by atoms with E-state index in [9.17, 15) is 47.1 Å². The fourth-order valence-corrected chi connectivity index (χ4v) is 10.6. The molecule has 1 aliphatic heterocycles. The van der Waals surface area contributed by atoms with Crippen LogP contribution < -0.4 is 10.2 Å². The van der Waals surface area contributed by atoms with Crippen LogP contribution in [0, 0.1) is 5.41 Å². The van der Waals surface area contributed by atoms with Crippen molar-refractivity contribution in [3.63, 3.8) is 0 Å². The number of nitrogens with zero attached hydrogens (tertiary/aromatic N) is 2. The fraction of sp³-hybridized carbons (Fsp3) is 0.596. The van der Waals surface area contributed by atoms with Gasteiger partial charge in [0.2, 0.25) is 11.8 Å². The monoisotopic (exact) mass is 945 g/mol. The molecule has 2 aromatic carbocycles. The molecule has 66 heavy (non-hydrogen) atoms. The smallest absolute Gasteiger partial charge is 0.303 e. The Kier molecular flexibility index (Phi) is 20.6. The number of anilines is 2. The molecule has 1 heterocycles. The third-order valence-electron chi connectivity index (χ3n) is 11.5. The molecule has 1 aliphatic rings. The maximum atomic E-state index is 14.1. The molecule has 0 fully saturated rings. The van der Waals surface area contributed by atoms with Crippen molar-refractivity contribution < 1.29 is 70.8 Å². The summed E-state index contributed by atoms with van der Waals surface area (Å²) in [6.45, 7) is 9.50. The molecule has 7 atom stereocenters. The standard InChI is InChI=1S/C47H67N3O15S/c1-11-13-22-47(12-2)28-66(59,60)41-21-20-37(49(9)10)25-38(41)43(46(47)58)35-17-16-18-36(24-35)48-42(57)19-14-15-23-50(29(3)51)26-39(62-31(5)53)44(64-33(7)55)45(65-34(8)56)40(63-32(6)54)27-61-30(4)52/h16-18,20-21,24-25,39-40,43-46,58H,11-15,19,22-23,26-28H2,1-10H3,(H,48,57)/t39-,40+,43+,44+,45+,46+,47+/m0/s1. The van der Waals surface area contributed by atoms with Gasteiger partial charge in [0.25, 0.3) is 0 Å². The minimum absolute atomic E-state index is 0.0173. The third-order valence-corrected chi connectivity index (χ3v) is 13.5. The molecule has 366 valence electrons. The van der Waals surface area contributed by atoms with E-state index in [2.05, 4.69) is 5.32 Å². The highest BCUT2D eigenvalue weighted by atomic mass is 32.2. The van der Waals surface area contributed by atoms with Gasteiger partial charge >= 0.3 is 29.8 Å². The van der Waals surface area contributed by atoms with Crippen LogP contribution in [0.15, 0.2) is 47.4 Å². The van der Waals surface area contributed by atoms with Crippen LogP contribution in [0.3, 0.4) is 0 Å². The van der Waals surface area contributed by atoms with Gasteiger partial charge in [-0.3, -0.25) is 33.6 Å². The number of hydrogen-bond donors (Lipinski definition) is 2. The molecule has 2 amide bonds. The number of benzene rings is 2. The van der Waals surface area contributed by atoms with Gasteiger partial charge in [0.15, 0.2) is 34.3 Å². The van der Waals surface area contributed by atoms with Crippen LogP contribution in [-0.2, 0) is 67.1 Å². The highest BCUT2D eigenvalue weighted by Crippen LogP contribution is 2.49. The first kappa shape index (κ1) is 54.8. The summed E-state index contributed by atoms with van der Waals surface area (Å²) >= 11 is 0. The topological polar surface area (TPSA) is 239 Å². The number of fused-ring (bicyclic) bond motifs is 1. The zero-order chi connectivity index (χ0) is 49.5. The Morgan fingerprint density at radius 2 is 1.39 bits per heavy atom. The number of hydrogen-bond acceptors (Lipinski definition) is 16. The number of unbranched alkanes of at least 4 members (excludes halogenated alkanes) is 2. The van der Waals surface area contributed by atoms with Crippen LogP contribution in [0.25, 0.3) is 0 Å². The molecule has 18 nitrogen and oxygen atoms in total. The highest BCUT2D eigenvalue weighted by molar-refractivity contribution is 7.91. The number of rotatable bonds is 23. The number of nitrogens with one attached hydrogen (secondary N) is 1. The number of aliphatic hydroxyl groups is 1. The predicted molar refractivity (Wildman–Crippen MR) is 243 cm³/mol. The van der Waals surface area contributed by atoms with Crippen molar-refractivity contribution in [2.75, 3.05) is 49.8 Å². The van der Waals surface area contributed by atoms with Crippen LogP contribution in [0.1, 0.15) is 117 Å². The average molecular weight is 946 g/mol. The average Bonchev–Trinajstić information content (AvgIpc) is 3.29. The van der Waals surface area contributed by atoms with Crippen molar-refractivity contribution in [1.82, 2.24) is 4.90 Å². The van der Waals surface area contributed by atoms with E-state index in [-0.39, 0.29) is 42.4 Å². The lowest BCUT2D eigenvalue weighted by Crippen LogP contribution is -2.56. The summed E-state index contributed by atoms with van der Waals surface area (Å²) in [5.74, 6) is -6.05. The molecule has 0 unspecified atom stereocenters. The molecular weight excluding hydrogens is 879 g/mol. The molecule has 0 spiro atoms. The number of sulfone groups is 1.